The van der Waals surface area contributed by atoms with Gasteiger partial charge in [0.2, 0.25) is 5.88 Å². The lowest BCUT2D eigenvalue weighted by atomic mass is 10.2. The Balaban J connectivity index is 2.34. The van der Waals surface area contributed by atoms with Crippen LogP contribution < -0.4 is 0 Å². The molecule has 0 atom stereocenters. The molecule has 4 heteroatoms. The Kier molecular flexibility index (Phi) is 2.69. The maximum atomic E-state index is 9.51. The number of nitrogens with zero attached hydrogens (tertiary/aromatic N) is 2. The van der Waals surface area contributed by atoms with E-state index in [0.717, 1.165) is 5.56 Å². The molecule has 2 aromatic rings. The van der Waals surface area contributed by atoms with Gasteiger partial charge in [-0.2, -0.15) is 5.10 Å². The van der Waals surface area contributed by atoms with E-state index in [2.05, 4.69) is 5.10 Å². The van der Waals surface area contributed by atoms with Crippen LogP contribution in [0.2, 0.25) is 0 Å². The first kappa shape index (κ1) is 9.73. The van der Waals surface area contributed by atoms with Crippen molar-refractivity contribution in [3.63, 3.8) is 0 Å². The number of hydrogen-bond acceptors (Lipinski definition) is 3. The van der Waals surface area contributed by atoms with Gasteiger partial charge in [-0.1, -0.05) is 30.3 Å². The Hall–Kier alpha value is -1.81. The monoisotopic (exact) mass is 204 g/mol. The average molecular weight is 204 g/mol. The zero-order chi connectivity index (χ0) is 10.7. The van der Waals surface area contributed by atoms with E-state index in [1.165, 1.54) is 4.68 Å². The molecule has 0 spiro atoms. The molecule has 0 amide bonds. The van der Waals surface area contributed by atoms with Crippen molar-refractivity contribution < 1.29 is 10.2 Å². The van der Waals surface area contributed by atoms with E-state index in [0.29, 0.717) is 12.2 Å². The Morgan fingerprint density at radius 3 is 2.60 bits per heavy atom. The Bertz CT molecular complexity index is 437. The lowest BCUT2D eigenvalue weighted by Gasteiger charge is -1.98. The molecule has 0 aliphatic rings. The third-order valence-corrected chi connectivity index (χ3v) is 2.14. The van der Waals surface area contributed by atoms with Gasteiger partial charge < -0.3 is 10.2 Å². The molecule has 0 fully saturated rings. The second-order valence-corrected chi connectivity index (χ2v) is 3.20. The smallest absolute Gasteiger partial charge is 0.209 e. The number of rotatable bonds is 3. The molecule has 0 saturated heterocycles. The van der Waals surface area contributed by atoms with Crippen molar-refractivity contribution in [2.45, 2.75) is 6.54 Å². The summed E-state index contributed by atoms with van der Waals surface area (Å²) in [5.74, 6) is 0.0721. The number of benzene rings is 1. The van der Waals surface area contributed by atoms with E-state index < -0.39 is 0 Å². The molecule has 2 rings (SSSR count). The molecule has 0 aliphatic carbocycles. The molecule has 15 heavy (non-hydrogen) atoms. The first-order valence-corrected chi connectivity index (χ1v) is 4.74. The second-order valence-electron chi connectivity index (χ2n) is 3.20. The van der Waals surface area contributed by atoms with Crippen molar-refractivity contribution in [3.8, 4) is 17.1 Å². The van der Waals surface area contributed by atoms with Gasteiger partial charge in [0.15, 0.2) is 0 Å². The van der Waals surface area contributed by atoms with E-state index in [9.17, 15) is 5.11 Å². The Labute approximate surface area is 87.4 Å². The van der Waals surface area contributed by atoms with E-state index in [4.69, 9.17) is 5.11 Å². The number of aliphatic hydroxyl groups excluding tert-OH is 1. The van der Waals surface area contributed by atoms with E-state index >= 15 is 0 Å². The van der Waals surface area contributed by atoms with Crippen LogP contribution in [-0.2, 0) is 6.54 Å². The van der Waals surface area contributed by atoms with Crippen molar-refractivity contribution in [1.29, 1.82) is 0 Å². The van der Waals surface area contributed by atoms with Crippen LogP contribution in [0.1, 0.15) is 0 Å². The molecular weight excluding hydrogens is 192 g/mol. The minimum absolute atomic E-state index is 0.0382. The summed E-state index contributed by atoms with van der Waals surface area (Å²) in [6.45, 7) is 0.266. The molecule has 1 aromatic carbocycles. The van der Waals surface area contributed by atoms with Gasteiger partial charge in [0.25, 0.3) is 0 Å². The fourth-order valence-electron chi connectivity index (χ4n) is 1.42. The topological polar surface area (TPSA) is 58.3 Å². The molecule has 0 bridgehead atoms. The number of hydrogen-bond donors (Lipinski definition) is 2. The fraction of sp³-hybridized carbons (Fsp3) is 0.182. The first-order chi connectivity index (χ1) is 7.31. The van der Waals surface area contributed by atoms with Crippen LogP contribution in [0, 0.1) is 0 Å². The summed E-state index contributed by atoms with van der Waals surface area (Å²) in [7, 11) is 0. The number of aromatic nitrogens is 2. The summed E-state index contributed by atoms with van der Waals surface area (Å²) in [5.41, 5.74) is 1.66. The van der Waals surface area contributed by atoms with Gasteiger partial charge in [-0.15, -0.1) is 0 Å². The van der Waals surface area contributed by atoms with E-state index in [1.54, 1.807) is 6.07 Å². The molecule has 0 aliphatic heterocycles. The maximum absolute atomic E-state index is 9.51. The molecule has 78 valence electrons. The molecule has 0 unspecified atom stereocenters. The van der Waals surface area contributed by atoms with Gasteiger partial charge in [0, 0.05) is 11.6 Å². The van der Waals surface area contributed by atoms with Gasteiger partial charge in [0.05, 0.1) is 18.8 Å². The van der Waals surface area contributed by atoms with Crippen molar-refractivity contribution in [2.24, 2.45) is 0 Å². The van der Waals surface area contributed by atoms with Crippen molar-refractivity contribution in [1.82, 2.24) is 9.78 Å². The van der Waals surface area contributed by atoms with Crippen molar-refractivity contribution in [3.05, 3.63) is 36.4 Å². The zero-order valence-electron chi connectivity index (χ0n) is 8.17. The Morgan fingerprint density at radius 1 is 1.20 bits per heavy atom. The summed E-state index contributed by atoms with van der Waals surface area (Å²) in [5, 5.41) is 22.4. The van der Waals surface area contributed by atoms with Gasteiger partial charge in [-0.25, -0.2) is 4.68 Å². The van der Waals surface area contributed by atoms with Crippen LogP contribution in [0.15, 0.2) is 36.4 Å². The van der Waals surface area contributed by atoms with Gasteiger partial charge >= 0.3 is 0 Å². The summed E-state index contributed by atoms with van der Waals surface area (Å²) in [4.78, 5) is 0. The second kappa shape index (κ2) is 4.14. The first-order valence-electron chi connectivity index (χ1n) is 4.74. The average Bonchev–Trinajstić information content (AvgIpc) is 2.63. The van der Waals surface area contributed by atoms with Crippen LogP contribution >= 0.6 is 0 Å². The van der Waals surface area contributed by atoms with Crippen LogP contribution in [0.4, 0.5) is 0 Å². The standard InChI is InChI=1S/C11H12N2O2/c14-7-6-13-11(15)8-10(12-13)9-4-2-1-3-5-9/h1-5,8,14-15H,6-7H2. The largest absolute Gasteiger partial charge is 0.493 e. The van der Waals surface area contributed by atoms with Crippen molar-refractivity contribution in [2.75, 3.05) is 6.61 Å². The lowest BCUT2D eigenvalue weighted by molar-refractivity contribution is 0.258. The third kappa shape index (κ3) is 1.99. The lowest BCUT2D eigenvalue weighted by Crippen LogP contribution is -2.03. The van der Waals surface area contributed by atoms with Crippen LogP contribution in [0.25, 0.3) is 11.3 Å². The predicted molar refractivity (Wildman–Crippen MR) is 56.4 cm³/mol. The van der Waals surface area contributed by atoms with Crippen LogP contribution in [0.5, 0.6) is 5.88 Å². The SMILES string of the molecule is OCCn1nc(-c2ccccc2)cc1O. The predicted octanol–water partition coefficient (Wildman–Crippen LogP) is 1.25. The summed E-state index contributed by atoms with van der Waals surface area (Å²) < 4.78 is 1.38. The highest BCUT2D eigenvalue weighted by Crippen LogP contribution is 2.21. The van der Waals surface area contributed by atoms with E-state index in [-0.39, 0.29) is 12.5 Å². The Morgan fingerprint density at radius 2 is 1.93 bits per heavy atom. The molecule has 1 heterocycles. The molecule has 1 aromatic heterocycles. The quantitative estimate of drug-likeness (QED) is 0.791. The third-order valence-electron chi connectivity index (χ3n) is 2.14. The van der Waals surface area contributed by atoms with Gasteiger partial charge in [-0.05, 0) is 0 Å². The molecular formula is C11H12N2O2. The zero-order valence-corrected chi connectivity index (χ0v) is 8.17. The van der Waals surface area contributed by atoms with Crippen LogP contribution in [-0.4, -0.2) is 26.6 Å². The highest BCUT2D eigenvalue weighted by molar-refractivity contribution is 5.59. The van der Waals surface area contributed by atoms with Crippen LogP contribution in [0.3, 0.4) is 0 Å². The van der Waals surface area contributed by atoms with Gasteiger partial charge in [0.1, 0.15) is 0 Å². The number of aliphatic hydroxyl groups is 1. The summed E-state index contributed by atoms with van der Waals surface area (Å²) in [6.07, 6.45) is 0. The van der Waals surface area contributed by atoms with Crippen molar-refractivity contribution >= 4 is 0 Å². The summed E-state index contributed by atoms with van der Waals surface area (Å²) in [6, 6.07) is 11.2. The highest BCUT2D eigenvalue weighted by atomic mass is 16.3. The minimum atomic E-state index is -0.0382. The molecule has 2 N–H and O–H groups in total. The van der Waals surface area contributed by atoms with E-state index in [1.807, 2.05) is 30.3 Å². The highest BCUT2D eigenvalue weighted by Gasteiger charge is 2.07. The summed E-state index contributed by atoms with van der Waals surface area (Å²) >= 11 is 0. The maximum Gasteiger partial charge on any atom is 0.209 e. The molecule has 0 radical (unpaired) electrons. The molecule has 4 nitrogen and oxygen atoms in total. The fourth-order valence-corrected chi connectivity index (χ4v) is 1.42. The normalized spacial score (nSPS) is 10.5. The minimum Gasteiger partial charge on any atom is -0.493 e. The molecule has 0 saturated carbocycles. The number of aromatic hydroxyl groups is 1. The van der Waals surface area contributed by atoms with Gasteiger partial charge in [-0.3, -0.25) is 0 Å².